The van der Waals surface area contributed by atoms with E-state index in [9.17, 15) is 9.59 Å². The van der Waals surface area contributed by atoms with Crippen molar-refractivity contribution in [3.8, 4) is 0 Å². The molecule has 1 amide bonds. The summed E-state index contributed by atoms with van der Waals surface area (Å²) in [7, 11) is 1.75. The zero-order valence-corrected chi connectivity index (χ0v) is 16.7. The lowest BCUT2D eigenvalue weighted by molar-refractivity contribution is -0.127. The molecular formula is C21H29N5O2. The summed E-state index contributed by atoms with van der Waals surface area (Å²) in [5.74, 6) is 2.49. The summed E-state index contributed by atoms with van der Waals surface area (Å²) in [6.45, 7) is 2.19. The highest BCUT2D eigenvalue weighted by atomic mass is 16.2. The second-order valence-corrected chi connectivity index (χ2v) is 9.49. The predicted octanol–water partition coefficient (Wildman–Crippen LogP) is 2.24. The smallest absolute Gasteiger partial charge is 0.264 e. The molecule has 0 saturated heterocycles. The van der Waals surface area contributed by atoms with E-state index < -0.39 is 0 Å². The van der Waals surface area contributed by atoms with Crippen molar-refractivity contribution in [1.82, 2.24) is 24.6 Å². The Bertz CT molecular complexity index is 940. The first kappa shape index (κ1) is 17.9. The first-order valence-electron chi connectivity index (χ1n) is 10.6. The van der Waals surface area contributed by atoms with Gasteiger partial charge in [0.2, 0.25) is 5.91 Å². The SMILES string of the molecule is CC[C@H](NC(=O)Cn1cnc2c(cnn2C)c1=O)C12CC3CC(CC(C3)C1)C2. The Kier molecular flexibility index (Phi) is 4.10. The third-order valence-corrected chi connectivity index (χ3v) is 7.60. The van der Waals surface area contributed by atoms with Gasteiger partial charge in [0.05, 0.1) is 6.20 Å². The number of aromatic nitrogens is 4. The van der Waals surface area contributed by atoms with Crippen molar-refractivity contribution in [3.63, 3.8) is 0 Å². The zero-order chi connectivity index (χ0) is 19.5. The summed E-state index contributed by atoms with van der Waals surface area (Å²) in [6.07, 6.45) is 11.9. The second-order valence-electron chi connectivity index (χ2n) is 9.49. The maximum absolute atomic E-state index is 12.8. The van der Waals surface area contributed by atoms with E-state index in [-0.39, 0.29) is 29.5 Å². The van der Waals surface area contributed by atoms with Gasteiger partial charge in [-0.2, -0.15) is 5.10 Å². The minimum absolute atomic E-state index is 0.0134. The molecule has 4 aliphatic rings. The normalized spacial score (nSPS) is 32.0. The van der Waals surface area contributed by atoms with Gasteiger partial charge in [-0.1, -0.05) is 6.92 Å². The maximum atomic E-state index is 12.8. The van der Waals surface area contributed by atoms with E-state index in [0.29, 0.717) is 11.0 Å². The quantitative estimate of drug-likeness (QED) is 0.858. The number of amides is 1. The summed E-state index contributed by atoms with van der Waals surface area (Å²) in [5.41, 5.74) is 0.605. The number of carbonyl (C=O) groups excluding carboxylic acids is 1. The summed E-state index contributed by atoms with van der Waals surface area (Å²) in [6, 6.07) is 0.208. The molecule has 6 rings (SSSR count). The summed E-state index contributed by atoms with van der Waals surface area (Å²) >= 11 is 0. The largest absolute Gasteiger partial charge is 0.351 e. The van der Waals surface area contributed by atoms with Crippen molar-refractivity contribution < 1.29 is 4.79 Å². The molecule has 150 valence electrons. The molecule has 4 aliphatic carbocycles. The van der Waals surface area contributed by atoms with Crippen molar-refractivity contribution in [2.45, 2.75) is 64.5 Å². The lowest BCUT2D eigenvalue weighted by atomic mass is 9.47. The number of aryl methyl sites for hydroxylation is 1. The molecule has 1 N–H and O–H groups in total. The Morgan fingerprint density at radius 2 is 1.89 bits per heavy atom. The van der Waals surface area contributed by atoms with Crippen LogP contribution in [0, 0.1) is 23.2 Å². The van der Waals surface area contributed by atoms with E-state index in [1.54, 1.807) is 11.7 Å². The number of hydrogen-bond donors (Lipinski definition) is 1. The lowest BCUT2D eigenvalue weighted by Gasteiger charge is -2.59. The Hall–Kier alpha value is -2.18. The average Bonchev–Trinajstić information content (AvgIpc) is 3.02. The number of nitrogens with one attached hydrogen (secondary N) is 1. The van der Waals surface area contributed by atoms with Crippen LogP contribution < -0.4 is 10.9 Å². The molecular weight excluding hydrogens is 354 g/mol. The molecule has 2 aromatic heterocycles. The van der Waals surface area contributed by atoms with Crippen molar-refractivity contribution >= 4 is 16.9 Å². The van der Waals surface area contributed by atoms with E-state index in [1.165, 1.54) is 55.6 Å². The zero-order valence-electron chi connectivity index (χ0n) is 16.7. The van der Waals surface area contributed by atoms with Crippen molar-refractivity contribution in [2.75, 3.05) is 0 Å². The van der Waals surface area contributed by atoms with Crippen LogP contribution in [-0.4, -0.2) is 31.3 Å². The first-order valence-corrected chi connectivity index (χ1v) is 10.6. The predicted molar refractivity (Wildman–Crippen MR) is 106 cm³/mol. The van der Waals surface area contributed by atoms with E-state index >= 15 is 0 Å². The van der Waals surface area contributed by atoms with Gasteiger partial charge in [-0.15, -0.1) is 0 Å². The molecule has 4 saturated carbocycles. The number of carbonyl (C=O) groups is 1. The fourth-order valence-electron chi connectivity index (χ4n) is 6.87. The van der Waals surface area contributed by atoms with Crippen molar-refractivity contribution in [1.29, 1.82) is 0 Å². The van der Waals surface area contributed by atoms with Gasteiger partial charge < -0.3 is 5.32 Å². The molecule has 28 heavy (non-hydrogen) atoms. The molecule has 0 unspecified atom stereocenters. The van der Waals surface area contributed by atoms with Crippen LogP contribution in [0.3, 0.4) is 0 Å². The standard InChI is InChI=1S/C21H29N5O2/c1-3-17(21-7-13-4-14(8-21)6-15(5-13)9-21)24-18(27)11-26-12-22-19-16(20(26)28)10-23-25(19)2/h10,12-15,17H,3-9,11H2,1-2H3,(H,24,27)/t13?,14?,15?,17-,21?/m0/s1. The summed E-state index contributed by atoms with van der Waals surface area (Å²) in [4.78, 5) is 29.8. The molecule has 2 aromatic rings. The topological polar surface area (TPSA) is 81.8 Å². The van der Waals surface area contributed by atoms with Gasteiger partial charge in [-0.05, 0) is 68.1 Å². The fourth-order valence-corrected chi connectivity index (χ4v) is 6.87. The van der Waals surface area contributed by atoms with Crippen LogP contribution in [0.1, 0.15) is 51.9 Å². The first-order chi connectivity index (χ1) is 13.5. The van der Waals surface area contributed by atoms with E-state index in [0.717, 1.165) is 24.2 Å². The van der Waals surface area contributed by atoms with E-state index in [1.807, 2.05) is 0 Å². The van der Waals surface area contributed by atoms with Gasteiger partial charge in [0.1, 0.15) is 18.3 Å². The van der Waals surface area contributed by atoms with Crippen LogP contribution in [0.25, 0.3) is 11.0 Å². The maximum Gasteiger partial charge on any atom is 0.264 e. The van der Waals surface area contributed by atoms with Crippen LogP contribution >= 0.6 is 0 Å². The second kappa shape index (κ2) is 6.42. The monoisotopic (exact) mass is 383 g/mol. The lowest BCUT2D eigenvalue weighted by Crippen LogP contribution is -2.57. The van der Waals surface area contributed by atoms with Crippen molar-refractivity contribution in [3.05, 3.63) is 22.9 Å². The molecule has 2 heterocycles. The Balaban J connectivity index is 1.33. The van der Waals surface area contributed by atoms with Gasteiger partial charge in [0.15, 0.2) is 5.65 Å². The molecule has 0 aromatic carbocycles. The van der Waals surface area contributed by atoms with Crippen LogP contribution in [-0.2, 0) is 18.4 Å². The fraction of sp³-hybridized carbons (Fsp3) is 0.714. The molecule has 7 heteroatoms. The van der Waals surface area contributed by atoms with Crippen LogP contribution in [0.4, 0.5) is 0 Å². The van der Waals surface area contributed by atoms with Crippen LogP contribution in [0.5, 0.6) is 0 Å². The molecule has 1 atom stereocenters. The van der Waals surface area contributed by atoms with Gasteiger partial charge in [-0.25, -0.2) is 4.98 Å². The van der Waals surface area contributed by atoms with Crippen LogP contribution in [0.15, 0.2) is 17.3 Å². The third kappa shape index (κ3) is 2.78. The molecule has 0 spiro atoms. The van der Waals surface area contributed by atoms with Crippen LogP contribution in [0.2, 0.25) is 0 Å². The van der Waals surface area contributed by atoms with E-state index in [2.05, 4.69) is 22.3 Å². The Labute approximate surface area is 164 Å². The number of hydrogen-bond acceptors (Lipinski definition) is 4. The van der Waals surface area contributed by atoms with Crippen molar-refractivity contribution in [2.24, 2.45) is 30.2 Å². The highest BCUT2D eigenvalue weighted by molar-refractivity contribution is 5.77. The molecule has 0 aliphatic heterocycles. The molecule has 4 bridgehead atoms. The number of rotatable bonds is 5. The highest BCUT2D eigenvalue weighted by Crippen LogP contribution is 2.61. The van der Waals surface area contributed by atoms with Gasteiger partial charge >= 0.3 is 0 Å². The minimum atomic E-state index is -0.212. The number of nitrogens with zero attached hydrogens (tertiary/aromatic N) is 4. The molecule has 4 fully saturated rings. The van der Waals surface area contributed by atoms with E-state index in [4.69, 9.17) is 0 Å². The Morgan fingerprint density at radius 1 is 1.25 bits per heavy atom. The average molecular weight is 383 g/mol. The summed E-state index contributed by atoms with van der Waals surface area (Å²) < 4.78 is 2.97. The van der Waals surface area contributed by atoms with Gasteiger partial charge in [0, 0.05) is 13.1 Å². The highest BCUT2D eigenvalue weighted by Gasteiger charge is 2.53. The third-order valence-electron chi connectivity index (χ3n) is 7.60. The number of fused-ring (bicyclic) bond motifs is 1. The van der Waals surface area contributed by atoms with Gasteiger partial charge in [-0.3, -0.25) is 18.8 Å². The minimum Gasteiger partial charge on any atom is -0.351 e. The molecule has 7 nitrogen and oxygen atoms in total. The summed E-state index contributed by atoms with van der Waals surface area (Å²) in [5, 5.41) is 7.84. The van der Waals surface area contributed by atoms with Gasteiger partial charge in [0.25, 0.3) is 5.56 Å². The molecule has 0 radical (unpaired) electrons. The Morgan fingerprint density at radius 3 is 2.50 bits per heavy atom.